The van der Waals surface area contributed by atoms with Crippen molar-refractivity contribution < 1.29 is 4.79 Å². The summed E-state index contributed by atoms with van der Waals surface area (Å²) in [6, 6.07) is 0. The van der Waals surface area contributed by atoms with Crippen LogP contribution in [-0.2, 0) is 4.79 Å². The fraction of sp³-hybridized carbons (Fsp3) is 0.667. The molecule has 1 nitrogen and oxygen atoms in total. The summed E-state index contributed by atoms with van der Waals surface area (Å²) in [4.78, 5) is 7.75. The molecule has 0 aromatic rings. The van der Waals surface area contributed by atoms with Crippen LogP contribution in [0.2, 0.25) is 0 Å². The molecule has 0 bridgehead atoms. The van der Waals surface area contributed by atoms with E-state index in [2.05, 4.69) is 13.2 Å². The zero-order valence-electron chi connectivity index (χ0n) is 5.10. The second-order valence-electron chi connectivity index (χ2n) is 1.57. The fourth-order valence-corrected chi connectivity index (χ4v) is 0.722. The second-order valence-corrected chi connectivity index (χ2v) is 1.57. The monoisotopic (exact) mass is 122 g/mol. The molecule has 0 spiro atoms. The molecule has 1 rings (SSSR count). The second kappa shape index (κ2) is 10.4. The number of rotatable bonds is 0. The molecule has 0 unspecified atom stereocenters. The van der Waals surface area contributed by atoms with Gasteiger partial charge in [-0.2, -0.15) is 12.8 Å². The van der Waals surface area contributed by atoms with E-state index >= 15 is 0 Å². The molecular weight excluding hydrogens is 112 g/mol. The summed E-state index contributed by atoms with van der Waals surface area (Å²) in [5.41, 5.74) is 0. The van der Waals surface area contributed by atoms with Gasteiger partial charge in [-0.05, 0) is 0 Å². The Hall–Kier alpha value is 0.436. The minimum absolute atomic E-state index is 0. The molecule has 0 aliphatic heterocycles. The smallest absolute Gasteiger partial charge is 0.545 e. The van der Waals surface area contributed by atoms with E-state index in [-0.39, 0.29) is 23.1 Å². The summed E-state index contributed by atoms with van der Waals surface area (Å²) < 4.78 is 0. The molecule has 0 radical (unpaired) electrons. The van der Waals surface area contributed by atoms with Crippen molar-refractivity contribution in [3.63, 3.8) is 0 Å². The Bertz CT molecular complexity index is 27.9. The summed E-state index contributed by atoms with van der Waals surface area (Å²) in [6.45, 7) is 3.25. The van der Waals surface area contributed by atoms with Gasteiger partial charge in [-0.15, -0.1) is 0 Å². The number of hydrogen-bond acceptors (Lipinski definition) is 1. The molecule has 1 saturated carbocycles. The van der Waals surface area contributed by atoms with Crippen LogP contribution in [0.4, 0.5) is 0 Å². The zero-order chi connectivity index (χ0) is 5.54. The first kappa shape index (κ1) is 11.3. The van der Waals surface area contributed by atoms with E-state index in [4.69, 9.17) is 4.79 Å². The molecule has 0 N–H and O–H groups in total. The maximum absolute atomic E-state index is 7.75. The van der Waals surface area contributed by atoms with Gasteiger partial charge in [0.1, 0.15) is 0 Å². The minimum Gasteiger partial charge on any atom is -0.545 e. The van der Waals surface area contributed by atoms with E-state index in [0.29, 0.717) is 0 Å². The van der Waals surface area contributed by atoms with Crippen LogP contribution < -0.4 is 0 Å². The van der Waals surface area contributed by atoms with Gasteiger partial charge in [-0.25, -0.2) is 0 Å². The van der Waals surface area contributed by atoms with Gasteiger partial charge < -0.3 is 11.2 Å². The molecule has 2 heteroatoms. The summed E-state index contributed by atoms with van der Waals surface area (Å²) in [7, 11) is 0. The van der Waals surface area contributed by atoms with Crippen molar-refractivity contribution >= 4 is 29.8 Å². The summed E-state index contributed by atoms with van der Waals surface area (Å²) in [5, 5.41) is 0. The molecular formula is C6H10MgO. The van der Waals surface area contributed by atoms with Gasteiger partial charge in [0, 0.05) is 0 Å². The van der Waals surface area contributed by atoms with Gasteiger partial charge in [0.15, 0.2) is 0 Å². The van der Waals surface area contributed by atoms with Gasteiger partial charge >= 0.3 is 23.1 Å². The molecule has 1 fully saturated rings. The first-order valence-electron chi connectivity index (χ1n) is 2.55. The summed E-state index contributed by atoms with van der Waals surface area (Å²) in [6.07, 6.45) is 8.00. The molecule has 0 saturated heterocycles. The first-order valence-corrected chi connectivity index (χ1v) is 2.55. The first-order chi connectivity index (χ1) is 3.50. The Morgan fingerprint density at radius 1 is 1.12 bits per heavy atom. The maximum atomic E-state index is 7.75. The average Bonchev–Trinajstić information content (AvgIpc) is 2.23. The van der Waals surface area contributed by atoms with E-state index < -0.39 is 0 Å². The molecule has 8 heavy (non-hydrogen) atoms. The van der Waals surface area contributed by atoms with Crippen LogP contribution in [0.1, 0.15) is 25.7 Å². The number of hydrogen-bond donors (Lipinski definition) is 0. The molecule has 0 amide bonds. The van der Waals surface area contributed by atoms with Gasteiger partial charge in [-0.3, -0.25) is 6.79 Å². The van der Waals surface area contributed by atoms with Crippen LogP contribution in [0.25, 0.3) is 0 Å². The Kier molecular flexibility index (Phi) is 14.7. The molecule has 0 aromatic heterocycles. The minimum atomic E-state index is 0. The summed E-state index contributed by atoms with van der Waals surface area (Å²) in [5.74, 6) is 0. The topological polar surface area (TPSA) is 17.1 Å². The largest absolute Gasteiger partial charge is 2.00 e. The van der Waals surface area contributed by atoms with Crippen molar-refractivity contribution in [2.75, 3.05) is 0 Å². The van der Waals surface area contributed by atoms with Crippen molar-refractivity contribution in [2.45, 2.75) is 25.7 Å². The van der Waals surface area contributed by atoms with Crippen LogP contribution in [0.15, 0.2) is 0 Å². The van der Waals surface area contributed by atoms with Crippen molar-refractivity contribution in [3.05, 3.63) is 6.42 Å². The molecule has 1 aliphatic carbocycles. The summed E-state index contributed by atoms with van der Waals surface area (Å²) >= 11 is 0. The Balaban J connectivity index is 0. The zero-order valence-corrected chi connectivity index (χ0v) is 6.51. The standard InChI is InChI=1S/C5H9.CHO.Mg/c1-2-4-5-3-1;1-2;/h1H,2-5H2;1H;/q2*-1;+2. The van der Waals surface area contributed by atoms with Crippen LogP contribution in [0.3, 0.4) is 0 Å². The normalized spacial score (nSPS) is 15.5. The van der Waals surface area contributed by atoms with Crippen molar-refractivity contribution in [3.8, 4) is 0 Å². The van der Waals surface area contributed by atoms with Crippen molar-refractivity contribution in [1.29, 1.82) is 0 Å². The third kappa shape index (κ3) is 6.44. The Labute approximate surface area is 67.0 Å². The fourth-order valence-electron chi connectivity index (χ4n) is 0.722. The predicted octanol–water partition coefficient (Wildman–Crippen LogP) is 1.11. The van der Waals surface area contributed by atoms with E-state index in [9.17, 15) is 0 Å². The molecule has 42 valence electrons. The molecule has 0 atom stereocenters. The van der Waals surface area contributed by atoms with Crippen molar-refractivity contribution in [2.24, 2.45) is 0 Å². The van der Waals surface area contributed by atoms with E-state index in [1.54, 1.807) is 0 Å². The maximum Gasteiger partial charge on any atom is 2.00 e. The average molecular weight is 122 g/mol. The molecule has 0 aromatic carbocycles. The van der Waals surface area contributed by atoms with Crippen LogP contribution >= 0.6 is 0 Å². The van der Waals surface area contributed by atoms with Crippen LogP contribution in [0, 0.1) is 6.42 Å². The van der Waals surface area contributed by atoms with Gasteiger partial charge in [0.2, 0.25) is 0 Å². The third-order valence-corrected chi connectivity index (χ3v) is 1.07. The van der Waals surface area contributed by atoms with Gasteiger partial charge in [-0.1, -0.05) is 12.8 Å². The predicted molar refractivity (Wildman–Crippen MR) is 35.3 cm³/mol. The van der Waals surface area contributed by atoms with Gasteiger partial charge in [0.25, 0.3) is 0 Å². The Morgan fingerprint density at radius 2 is 1.50 bits per heavy atom. The van der Waals surface area contributed by atoms with E-state index in [1.807, 2.05) is 0 Å². The SMILES string of the molecule is [CH-]1CCCC1.[CH-]=O.[Mg+2]. The van der Waals surface area contributed by atoms with Gasteiger partial charge in [0.05, 0.1) is 0 Å². The molecule has 0 heterocycles. The van der Waals surface area contributed by atoms with Crippen LogP contribution in [-0.4, -0.2) is 29.8 Å². The van der Waals surface area contributed by atoms with E-state index in [0.717, 1.165) is 0 Å². The Morgan fingerprint density at radius 3 is 1.62 bits per heavy atom. The quantitative estimate of drug-likeness (QED) is 0.267. The van der Waals surface area contributed by atoms with E-state index in [1.165, 1.54) is 25.7 Å². The number of carbonyl (C=O) groups excluding carboxylic acids is 1. The van der Waals surface area contributed by atoms with Crippen molar-refractivity contribution in [1.82, 2.24) is 0 Å². The third-order valence-electron chi connectivity index (χ3n) is 1.07. The molecule has 1 aliphatic rings. The van der Waals surface area contributed by atoms with Crippen LogP contribution in [0.5, 0.6) is 0 Å².